The highest BCUT2D eigenvalue weighted by Crippen LogP contribution is 2.34. The summed E-state index contributed by atoms with van der Waals surface area (Å²) < 4.78 is 0. The Labute approximate surface area is 109 Å². The van der Waals surface area contributed by atoms with Gasteiger partial charge in [-0.3, -0.25) is 0 Å². The molecule has 0 fully saturated rings. The van der Waals surface area contributed by atoms with Crippen LogP contribution in [0.1, 0.15) is 5.56 Å². The molecule has 1 aliphatic rings. The molecule has 0 bridgehead atoms. The summed E-state index contributed by atoms with van der Waals surface area (Å²) in [7, 11) is 0. The molecular formula is C12H9Cl2N3. The largest absolute Gasteiger partial charge is 0.326 e. The molecule has 0 unspecified atom stereocenters. The van der Waals surface area contributed by atoms with Crippen molar-refractivity contribution in [3.8, 4) is 0 Å². The van der Waals surface area contributed by atoms with Gasteiger partial charge in [-0.15, -0.1) is 0 Å². The molecule has 1 aromatic carbocycles. The molecule has 5 heteroatoms. The third-order valence-corrected chi connectivity index (χ3v) is 3.24. The normalized spacial score (nSPS) is 13.9. The molecule has 0 saturated carbocycles. The Morgan fingerprint density at radius 2 is 2.06 bits per heavy atom. The highest BCUT2D eigenvalue weighted by Gasteiger charge is 2.21. The minimum absolute atomic E-state index is 0.268. The van der Waals surface area contributed by atoms with E-state index in [1.807, 2.05) is 24.3 Å². The number of rotatable bonds is 1. The van der Waals surface area contributed by atoms with E-state index < -0.39 is 0 Å². The minimum atomic E-state index is 0.268. The molecule has 0 radical (unpaired) electrons. The molecule has 2 heterocycles. The minimum Gasteiger partial charge on any atom is -0.326 e. The van der Waals surface area contributed by atoms with Gasteiger partial charge in [0.15, 0.2) is 0 Å². The van der Waals surface area contributed by atoms with Crippen LogP contribution in [0.3, 0.4) is 0 Å². The van der Waals surface area contributed by atoms with E-state index in [1.54, 1.807) is 6.20 Å². The Bertz CT molecular complexity index is 571. The first kappa shape index (κ1) is 10.8. The van der Waals surface area contributed by atoms with Gasteiger partial charge in [0, 0.05) is 23.5 Å². The highest BCUT2D eigenvalue weighted by atomic mass is 35.5. The summed E-state index contributed by atoms with van der Waals surface area (Å²) in [6.07, 6.45) is 2.64. The first-order valence-electron chi connectivity index (χ1n) is 5.28. The first-order valence-corrected chi connectivity index (χ1v) is 6.04. The van der Waals surface area contributed by atoms with Crippen LogP contribution in [-0.4, -0.2) is 16.5 Å². The monoisotopic (exact) mass is 265 g/mol. The van der Waals surface area contributed by atoms with Gasteiger partial charge in [0.05, 0.1) is 0 Å². The van der Waals surface area contributed by atoms with Gasteiger partial charge in [0.25, 0.3) is 0 Å². The third kappa shape index (κ3) is 1.96. The Hall–Kier alpha value is -1.32. The van der Waals surface area contributed by atoms with E-state index in [9.17, 15) is 0 Å². The summed E-state index contributed by atoms with van der Waals surface area (Å²) in [5.74, 6) is 0.825. The molecule has 2 aromatic rings. The van der Waals surface area contributed by atoms with Crippen molar-refractivity contribution < 1.29 is 0 Å². The van der Waals surface area contributed by atoms with Crippen molar-refractivity contribution in [2.45, 2.75) is 6.42 Å². The summed E-state index contributed by atoms with van der Waals surface area (Å²) in [4.78, 5) is 10.2. The van der Waals surface area contributed by atoms with Crippen LogP contribution in [0.15, 0.2) is 30.5 Å². The average Bonchev–Trinajstić information content (AvgIpc) is 2.71. The highest BCUT2D eigenvalue weighted by molar-refractivity contribution is 6.30. The van der Waals surface area contributed by atoms with Crippen LogP contribution in [0.2, 0.25) is 10.3 Å². The van der Waals surface area contributed by atoms with Crippen LogP contribution >= 0.6 is 23.2 Å². The number of halogens is 2. The van der Waals surface area contributed by atoms with Gasteiger partial charge in [-0.2, -0.15) is 0 Å². The lowest BCUT2D eigenvalue weighted by Crippen LogP contribution is -2.14. The van der Waals surface area contributed by atoms with Crippen molar-refractivity contribution in [3.05, 3.63) is 46.3 Å². The van der Waals surface area contributed by atoms with E-state index in [1.165, 1.54) is 5.56 Å². The summed E-state index contributed by atoms with van der Waals surface area (Å²) in [6, 6.07) is 7.76. The fourth-order valence-electron chi connectivity index (χ4n) is 2.08. The number of hydrogen-bond acceptors (Lipinski definition) is 3. The average molecular weight is 266 g/mol. The van der Waals surface area contributed by atoms with Gasteiger partial charge < -0.3 is 4.90 Å². The first-order chi connectivity index (χ1) is 8.24. The second kappa shape index (κ2) is 4.17. The van der Waals surface area contributed by atoms with Crippen LogP contribution in [-0.2, 0) is 6.42 Å². The van der Waals surface area contributed by atoms with Crippen molar-refractivity contribution in [2.75, 3.05) is 11.4 Å². The molecule has 3 nitrogen and oxygen atoms in total. The van der Waals surface area contributed by atoms with Crippen LogP contribution in [0.5, 0.6) is 0 Å². The van der Waals surface area contributed by atoms with Crippen LogP contribution < -0.4 is 4.90 Å². The third-order valence-electron chi connectivity index (χ3n) is 2.83. The molecule has 0 atom stereocenters. The quantitative estimate of drug-likeness (QED) is 0.740. The maximum absolute atomic E-state index is 5.98. The zero-order chi connectivity index (χ0) is 11.8. The van der Waals surface area contributed by atoms with Gasteiger partial charge in [-0.1, -0.05) is 11.6 Å². The van der Waals surface area contributed by atoms with E-state index >= 15 is 0 Å². The Morgan fingerprint density at radius 1 is 1.18 bits per heavy atom. The van der Waals surface area contributed by atoms with E-state index in [0.29, 0.717) is 0 Å². The molecule has 0 N–H and O–H groups in total. The summed E-state index contributed by atoms with van der Waals surface area (Å²) >= 11 is 11.8. The lowest BCUT2D eigenvalue weighted by atomic mass is 10.2. The fraction of sp³-hybridized carbons (Fsp3) is 0.167. The predicted octanol–water partition coefficient (Wildman–Crippen LogP) is 3.48. The Kier molecular flexibility index (Phi) is 2.65. The van der Waals surface area contributed by atoms with Gasteiger partial charge in [-0.25, -0.2) is 9.97 Å². The van der Waals surface area contributed by atoms with Crippen molar-refractivity contribution in [3.63, 3.8) is 0 Å². The molecule has 0 amide bonds. The molecule has 3 rings (SSSR count). The van der Waals surface area contributed by atoms with Crippen LogP contribution in [0.4, 0.5) is 11.5 Å². The maximum Gasteiger partial charge on any atom is 0.224 e. The number of fused-ring (bicyclic) bond motifs is 1. The molecule has 1 aromatic heterocycles. The smallest absolute Gasteiger partial charge is 0.224 e. The second-order valence-corrected chi connectivity index (χ2v) is 4.63. The molecular weight excluding hydrogens is 257 g/mol. The molecule has 17 heavy (non-hydrogen) atoms. The molecule has 86 valence electrons. The lowest BCUT2D eigenvalue weighted by molar-refractivity contribution is 0.964. The second-order valence-electron chi connectivity index (χ2n) is 3.86. The molecule has 0 saturated heterocycles. The number of nitrogens with zero attached hydrogens (tertiary/aromatic N) is 3. The van der Waals surface area contributed by atoms with E-state index in [0.717, 1.165) is 29.5 Å². The number of anilines is 2. The molecule has 0 aliphatic carbocycles. The molecule has 1 aliphatic heterocycles. The Balaban J connectivity index is 2.04. The van der Waals surface area contributed by atoms with Crippen molar-refractivity contribution in [1.29, 1.82) is 0 Å². The predicted molar refractivity (Wildman–Crippen MR) is 69.2 cm³/mol. The standard InChI is InChI=1S/C12H9Cl2N3/c13-9-1-2-10-8(7-9)4-6-17(10)11-3-5-15-12(14)16-11/h1-3,5,7H,4,6H2. The summed E-state index contributed by atoms with van der Waals surface area (Å²) in [5, 5.41) is 1.04. The van der Waals surface area contributed by atoms with Gasteiger partial charge in [-0.05, 0) is 47.9 Å². The van der Waals surface area contributed by atoms with E-state index in [-0.39, 0.29) is 5.28 Å². The van der Waals surface area contributed by atoms with Gasteiger partial charge >= 0.3 is 0 Å². The maximum atomic E-state index is 5.98. The van der Waals surface area contributed by atoms with Gasteiger partial charge in [0.2, 0.25) is 5.28 Å². The number of benzene rings is 1. The lowest BCUT2D eigenvalue weighted by Gasteiger charge is -2.17. The Morgan fingerprint density at radius 3 is 2.88 bits per heavy atom. The van der Waals surface area contributed by atoms with E-state index in [2.05, 4.69) is 14.9 Å². The van der Waals surface area contributed by atoms with Crippen LogP contribution in [0.25, 0.3) is 0 Å². The topological polar surface area (TPSA) is 29.0 Å². The molecule has 0 spiro atoms. The zero-order valence-corrected chi connectivity index (χ0v) is 10.4. The van der Waals surface area contributed by atoms with Crippen molar-refractivity contribution in [2.24, 2.45) is 0 Å². The summed E-state index contributed by atoms with van der Waals surface area (Å²) in [5.41, 5.74) is 2.39. The van der Waals surface area contributed by atoms with Gasteiger partial charge in [0.1, 0.15) is 5.82 Å². The van der Waals surface area contributed by atoms with Crippen molar-refractivity contribution in [1.82, 2.24) is 9.97 Å². The van der Waals surface area contributed by atoms with Crippen molar-refractivity contribution >= 4 is 34.7 Å². The van der Waals surface area contributed by atoms with Crippen LogP contribution in [0, 0.1) is 0 Å². The number of aromatic nitrogens is 2. The SMILES string of the molecule is Clc1ccc2c(c1)CCN2c1ccnc(Cl)n1. The number of hydrogen-bond donors (Lipinski definition) is 0. The fourth-order valence-corrected chi connectivity index (χ4v) is 2.42. The summed E-state index contributed by atoms with van der Waals surface area (Å²) in [6.45, 7) is 0.892. The van der Waals surface area contributed by atoms with E-state index in [4.69, 9.17) is 23.2 Å². The zero-order valence-electron chi connectivity index (χ0n) is 8.90.